The largest absolute Gasteiger partial charge is 0.493 e. The van der Waals surface area contributed by atoms with Crippen molar-refractivity contribution < 1.29 is 13.9 Å². The van der Waals surface area contributed by atoms with Gasteiger partial charge in [-0.1, -0.05) is 19.1 Å². The monoisotopic (exact) mass is 395 g/mol. The van der Waals surface area contributed by atoms with Crippen LogP contribution >= 0.6 is 0 Å². The zero-order valence-corrected chi connectivity index (χ0v) is 16.6. The van der Waals surface area contributed by atoms with E-state index in [4.69, 9.17) is 4.74 Å². The second kappa shape index (κ2) is 8.64. The molecule has 5 nitrogen and oxygen atoms in total. The molecule has 4 rings (SSSR count). The summed E-state index contributed by atoms with van der Waals surface area (Å²) < 4.78 is 20.9. The first-order valence-corrected chi connectivity index (χ1v) is 10.2. The van der Waals surface area contributed by atoms with E-state index in [0.29, 0.717) is 31.4 Å². The van der Waals surface area contributed by atoms with Crippen molar-refractivity contribution in [2.24, 2.45) is 11.8 Å². The molecule has 2 heterocycles. The number of hydrogen-bond acceptors (Lipinski definition) is 3. The molecule has 0 aliphatic carbocycles. The normalized spacial score (nSPS) is 18.0. The summed E-state index contributed by atoms with van der Waals surface area (Å²) >= 11 is 0. The van der Waals surface area contributed by atoms with Crippen molar-refractivity contribution in [3.8, 4) is 5.75 Å². The highest BCUT2D eigenvalue weighted by Gasteiger charge is 2.27. The van der Waals surface area contributed by atoms with Gasteiger partial charge in [-0.25, -0.2) is 9.37 Å². The summed E-state index contributed by atoms with van der Waals surface area (Å²) in [7, 11) is 0. The lowest BCUT2D eigenvalue weighted by Gasteiger charge is -2.34. The predicted octanol–water partition coefficient (Wildman–Crippen LogP) is 4.13. The van der Waals surface area contributed by atoms with E-state index in [0.717, 1.165) is 30.4 Å². The summed E-state index contributed by atoms with van der Waals surface area (Å²) in [5.41, 5.74) is 2.00. The first-order chi connectivity index (χ1) is 14.1. The summed E-state index contributed by atoms with van der Waals surface area (Å²) in [6, 6.07) is 14.0. The molecule has 0 spiro atoms. The van der Waals surface area contributed by atoms with E-state index in [1.54, 1.807) is 12.1 Å². The number of para-hydroxylation sites is 2. The number of piperidine rings is 1. The highest BCUT2D eigenvalue weighted by molar-refractivity contribution is 5.79. The quantitative estimate of drug-likeness (QED) is 0.631. The molecule has 2 aromatic carbocycles. The number of imidazole rings is 1. The minimum Gasteiger partial charge on any atom is -0.493 e. The molecule has 0 radical (unpaired) electrons. The molecule has 0 bridgehead atoms. The fourth-order valence-electron chi connectivity index (χ4n) is 3.99. The van der Waals surface area contributed by atoms with Gasteiger partial charge in [0, 0.05) is 25.6 Å². The third-order valence-corrected chi connectivity index (χ3v) is 5.55. The van der Waals surface area contributed by atoms with Gasteiger partial charge in [-0.15, -0.1) is 0 Å². The van der Waals surface area contributed by atoms with Gasteiger partial charge >= 0.3 is 0 Å². The number of rotatable bonds is 6. The summed E-state index contributed by atoms with van der Waals surface area (Å²) in [5, 5.41) is 0. The molecule has 2 atom stereocenters. The predicted molar refractivity (Wildman–Crippen MR) is 110 cm³/mol. The average Bonchev–Trinajstić information content (AvgIpc) is 3.16. The van der Waals surface area contributed by atoms with Crippen LogP contribution in [0.15, 0.2) is 54.9 Å². The van der Waals surface area contributed by atoms with E-state index in [-0.39, 0.29) is 17.6 Å². The van der Waals surface area contributed by atoms with Crippen LogP contribution in [0.1, 0.15) is 19.8 Å². The molecule has 3 aromatic rings. The number of nitrogens with zero attached hydrogens (tertiary/aromatic N) is 3. The van der Waals surface area contributed by atoms with Gasteiger partial charge in [0.15, 0.2) is 0 Å². The number of hydrogen-bond donors (Lipinski definition) is 0. The van der Waals surface area contributed by atoms with Crippen molar-refractivity contribution in [3.05, 3.63) is 60.7 Å². The maximum Gasteiger partial charge on any atom is 0.227 e. The van der Waals surface area contributed by atoms with Crippen LogP contribution in [-0.2, 0) is 11.3 Å². The van der Waals surface area contributed by atoms with Gasteiger partial charge in [0.25, 0.3) is 0 Å². The number of likely N-dealkylation sites (tertiary alicyclic amines) is 1. The Morgan fingerprint density at radius 2 is 2.03 bits per heavy atom. The van der Waals surface area contributed by atoms with E-state index in [9.17, 15) is 9.18 Å². The van der Waals surface area contributed by atoms with Crippen LogP contribution in [0.5, 0.6) is 5.75 Å². The van der Waals surface area contributed by atoms with E-state index in [2.05, 4.69) is 9.55 Å². The number of ether oxygens (including phenoxy) is 1. The standard InChI is InChI=1S/C23H26FN3O2/c1-17(13-27-16-25-21-6-2-3-7-22(21)27)23(28)26-12-4-5-18(14-26)15-29-20-10-8-19(24)9-11-20/h2-3,6-11,16-18H,4-5,12-15H2,1H3/t17-,18-/m1/s1. The van der Waals surface area contributed by atoms with Crippen LogP contribution in [0.4, 0.5) is 4.39 Å². The zero-order valence-electron chi connectivity index (χ0n) is 16.6. The molecule has 0 N–H and O–H groups in total. The van der Waals surface area contributed by atoms with Gasteiger partial charge in [-0.3, -0.25) is 4.79 Å². The Balaban J connectivity index is 1.33. The van der Waals surface area contributed by atoms with Crippen LogP contribution in [0, 0.1) is 17.7 Å². The first-order valence-electron chi connectivity index (χ1n) is 10.2. The number of fused-ring (bicyclic) bond motifs is 1. The van der Waals surface area contributed by atoms with Crippen molar-refractivity contribution in [2.75, 3.05) is 19.7 Å². The SMILES string of the molecule is C[C@H](Cn1cnc2ccccc21)C(=O)N1CCC[C@@H](COc2ccc(F)cc2)C1. The van der Waals surface area contributed by atoms with E-state index in [1.807, 2.05) is 42.4 Å². The molecule has 152 valence electrons. The number of halogens is 1. The van der Waals surface area contributed by atoms with Crippen molar-refractivity contribution >= 4 is 16.9 Å². The smallest absolute Gasteiger partial charge is 0.227 e. The second-order valence-electron chi connectivity index (χ2n) is 7.84. The van der Waals surface area contributed by atoms with Gasteiger partial charge in [0.05, 0.1) is 29.9 Å². The van der Waals surface area contributed by atoms with Crippen molar-refractivity contribution in [1.29, 1.82) is 0 Å². The Bertz CT molecular complexity index is 970. The van der Waals surface area contributed by atoms with Gasteiger partial charge in [0.1, 0.15) is 11.6 Å². The Kier molecular flexibility index (Phi) is 5.79. The maximum atomic E-state index is 13.0. The molecule has 1 aliphatic rings. The number of amides is 1. The molecule has 6 heteroatoms. The van der Waals surface area contributed by atoms with Crippen LogP contribution in [0.25, 0.3) is 11.0 Å². The third-order valence-electron chi connectivity index (χ3n) is 5.55. The molecular weight excluding hydrogens is 369 g/mol. The fraction of sp³-hybridized carbons (Fsp3) is 0.391. The molecule has 1 amide bonds. The van der Waals surface area contributed by atoms with Crippen LogP contribution in [0.2, 0.25) is 0 Å². The maximum absolute atomic E-state index is 13.0. The van der Waals surface area contributed by atoms with Crippen LogP contribution in [0.3, 0.4) is 0 Å². The molecule has 0 saturated carbocycles. The molecule has 1 aliphatic heterocycles. The van der Waals surface area contributed by atoms with Crippen molar-refractivity contribution in [2.45, 2.75) is 26.3 Å². The lowest BCUT2D eigenvalue weighted by Crippen LogP contribution is -2.44. The lowest BCUT2D eigenvalue weighted by molar-refractivity contribution is -0.137. The summed E-state index contributed by atoms with van der Waals surface area (Å²) in [6.45, 7) is 4.63. The first kappa shape index (κ1) is 19.4. The highest BCUT2D eigenvalue weighted by atomic mass is 19.1. The van der Waals surface area contributed by atoms with Gasteiger partial charge < -0.3 is 14.2 Å². The second-order valence-corrected chi connectivity index (χ2v) is 7.84. The summed E-state index contributed by atoms with van der Waals surface area (Å²) in [5.74, 6) is 0.735. The number of benzene rings is 2. The molecular formula is C23H26FN3O2. The molecule has 1 fully saturated rings. The van der Waals surface area contributed by atoms with Crippen LogP contribution in [-0.4, -0.2) is 40.1 Å². The molecule has 29 heavy (non-hydrogen) atoms. The topological polar surface area (TPSA) is 47.4 Å². The summed E-state index contributed by atoms with van der Waals surface area (Å²) in [6.07, 6.45) is 3.82. The van der Waals surface area contributed by atoms with E-state index >= 15 is 0 Å². The summed E-state index contributed by atoms with van der Waals surface area (Å²) in [4.78, 5) is 19.4. The number of carbonyl (C=O) groups excluding carboxylic acids is 1. The fourth-order valence-corrected chi connectivity index (χ4v) is 3.99. The Morgan fingerprint density at radius 1 is 1.24 bits per heavy atom. The highest BCUT2D eigenvalue weighted by Crippen LogP contribution is 2.22. The average molecular weight is 395 g/mol. The number of aromatic nitrogens is 2. The lowest BCUT2D eigenvalue weighted by atomic mass is 9.97. The van der Waals surface area contributed by atoms with E-state index in [1.165, 1.54) is 12.1 Å². The molecule has 1 aromatic heterocycles. The molecule has 0 unspecified atom stereocenters. The van der Waals surface area contributed by atoms with Crippen molar-refractivity contribution in [3.63, 3.8) is 0 Å². The minimum atomic E-state index is -0.272. The Hall–Kier alpha value is -2.89. The molecule has 1 saturated heterocycles. The Morgan fingerprint density at radius 3 is 2.86 bits per heavy atom. The Labute approximate surface area is 170 Å². The van der Waals surface area contributed by atoms with Gasteiger partial charge in [-0.2, -0.15) is 0 Å². The van der Waals surface area contributed by atoms with Gasteiger partial charge in [0.2, 0.25) is 5.91 Å². The van der Waals surface area contributed by atoms with Gasteiger partial charge in [-0.05, 0) is 49.2 Å². The third kappa shape index (κ3) is 4.58. The van der Waals surface area contributed by atoms with Crippen molar-refractivity contribution in [1.82, 2.24) is 14.5 Å². The number of carbonyl (C=O) groups is 1. The zero-order chi connectivity index (χ0) is 20.2. The minimum absolute atomic E-state index is 0.121. The van der Waals surface area contributed by atoms with Crippen LogP contribution < -0.4 is 4.74 Å². The van der Waals surface area contributed by atoms with E-state index < -0.39 is 0 Å².